The summed E-state index contributed by atoms with van der Waals surface area (Å²) in [4.78, 5) is 32.2. The topological polar surface area (TPSA) is 85.8 Å². The number of amides is 2. The molecular weight excluding hydrogens is 428 g/mol. The number of hydrogen-bond acceptors (Lipinski definition) is 4. The monoisotopic (exact) mass is 464 g/mol. The number of nitrogens with one attached hydrogen (secondary N) is 1. The van der Waals surface area contributed by atoms with Gasteiger partial charge in [-0.1, -0.05) is 62.4 Å². The van der Waals surface area contributed by atoms with Crippen molar-refractivity contribution in [2.45, 2.75) is 44.6 Å². The Bertz CT molecular complexity index is 898. The largest absolute Gasteiger partial charge is 0.465 e. The number of carbonyl (C=O) groups is 2. The molecule has 182 valence electrons. The van der Waals surface area contributed by atoms with E-state index in [0.717, 1.165) is 44.7 Å². The highest BCUT2D eigenvalue weighted by Crippen LogP contribution is 2.32. The molecule has 0 radical (unpaired) electrons. The van der Waals surface area contributed by atoms with Crippen LogP contribution in [0.5, 0.6) is 0 Å². The molecule has 3 heterocycles. The van der Waals surface area contributed by atoms with Gasteiger partial charge in [0, 0.05) is 45.1 Å². The molecule has 2 aliphatic heterocycles. The molecule has 2 saturated heterocycles. The third-order valence-corrected chi connectivity index (χ3v) is 7.24. The van der Waals surface area contributed by atoms with Crippen LogP contribution in [0.25, 0.3) is 0 Å². The summed E-state index contributed by atoms with van der Waals surface area (Å²) in [6.45, 7) is 4.31. The molecule has 7 heteroatoms. The number of likely N-dealkylation sites (tertiary alicyclic amines) is 2. The van der Waals surface area contributed by atoms with Crippen LogP contribution in [0.3, 0.4) is 0 Å². The van der Waals surface area contributed by atoms with Crippen LogP contribution >= 0.6 is 0 Å². The number of nitrogens with zero attached hydrogens (tertiary/aromatic N) is 3. The zero-order chi connectivity index (χ0) is 23.8. The summed E-state index contributed by atoms with van der Waals surface area (Å²) in [5.41, 5.74) is 1.64. The molecule has 0 spiro atoms. The lowest BCUT2D eigenvalue weighted by molar-refractivity contribution is 0.0773. The Morgan fingerprint density at radius 1 is 0.941 bits per heavy atom. The van der Waals surface area contributed by atoms with Gasteiger partial charge in [-0.2, -0.15) is 0 Å². The van der Waals surface area contributed by atoms with Crippen LogP contribution < -0.4 is 5.32 Å². The number of fused-ring (bicyclic) bond motifs is 1. The third kappa shape index (κ3) is 6.56. The molecule has 3 atom stereocenters. The molecule has 2 amide bonds. The minimum atomic E-state index is -0.998. The van der Waals surface area contributed by atoms with E-state index in [1.165, 1.54) is 32.1 Å². The van der Waals surface area contributed by atoms with E-state index in [4.69, 9.17) is 0 Å². The fourth-order valence-corrected chi connectivity index (χ4v) is 5.46. The summed E-state index contributed by atoms with van der Waals surface area (Å²) in [6.07, 6.45) is 10.5. The standard InChI is InChI=1S/C22H26N4O3.C5H10/c27-21(17-7-4-9-23-11-17)26-14-18-12-25(13-19(18)15-26)10-8-20(24-22(28)29)16-5-2-1-3-6-16;1-2-4-5-3-1/h1-7,9,11,18-20,24H,8,10,12-15H2,(H,28,29);1-5H2/t18-,19?,20?;/m0./s1. The smallest absolute Gasteiger partial charge is 0.405 e. The second-order valence-electron chi connectivity index (χ2n) is 9.70. The van der Waals surface area contributed by atoms with Crippen LogP contribution in [0.4, 0.5) is 4.79 Å². The zero-order valence-electron chi connectivity index (χ0n) is 19.8. The van der Waals surface area contributed by atoms with Gasteiger partial charge in [0.05, 0.1) is 11.6 Å². The van der Waals surface area contributed by atoms with Gasteiger partial charge in [0.1, 0.15) is 0 Å². The summed E-state index contributed by atoms with van der Waals surface area (Å²) in [5, 5.41) is 11.8. The Morgan fingerprint density at radius 3 is 2.15 bits per heavy atom. The normalized spacial score (nSPS) is 22.5. The van der Waals surface area contributed by atoms with Crippen LogP contribution in [-0.4, -0.2) is 64.6 Å². The van der Waals surface area contributed by atoms with Crippen LogP contribution in [0.1, 0.15) is 60.5 Å². The van der Waals surface area contributed by atoms with Crippen molar-refractivity contribution in [3.63, 3.8) is 0 Å². The predicted octanol–water partition coefficient (Wildman–Crippen LogP) is 4.43. The van der Waals surface area contributed by atoms with E-state index >= 15 is 0 Å². The molecule has 2 aromatic rings. The van der Waals surface area contributed by atoms with E-state index in [0.29, 0.717) is 17.4 Å². The Labute approximate surface area is 202 Å². The van der Waals surface area contributed by atoms with Gasteiger partial charge in [-0.3, -0.25) is 9.78 Å². The van der Waals surface area contributed by atoms with Crippen molar-refractivity contribution >= 4 is 12.0 Å². The summed E-state index contributed by atoms with van der Waals surface area (Å²) >= 11 is 0. The SMILES string of the molecule is C1CCCC1.O=C(O)NC(CCN1CC2CN(C(=O)c3cccnc3)C[C@@H]2C1)c1ccccc1. The van der Waals surface area contributed by atoms with Gasteiger partial charge in [-0.05, 0) is 36.0 Å². The zero-order valence-corrected chi connectivity index (χ0v) is 19.8. The van der Waals surface area contributed by atoms with E-state index in [1.54, 1.807) is 18.5 Å². The molecule has 3 aliphatic rings. The maximum absolute atomic E-state index is 12.6. The molecule has 7 nitrogen and oxygen atoms in total. The number of hydrogen-bond donors (Lipinski definition) is 2. The first-order chi connectivity index (χ1) is 16.6. The third-order valence-electron chi connectivity index (χ3n) is 7.24. The average molecular weight is 465 g/mol. The second kappa shape index (κ2) is 12.0. The van der Waals surface area contributed by atoms with Gasteiger partial charge in [0.2, 0.25) is 0 Å². The molecule has 34 heavy (non-hydrogen) atoms. The highest BCUT2D eigenvalue weighted by molar-refractivity contribution is 5.94. The Morgan fingerprint density at radius 2 is 1.59 bits per heavy atom. The number of carbonyl (C=O) groups excluding carboxylic acids is 1. The molecule has 2 N–H and O–H groups in total. The first-order valence-corrected chi connectivity index (χ1v) is 12.6. The van der Waals surface area contributed by atoms with Crippen LogP contribution in [-0.2, 0) is 0 Å². The van der Waals surface area contributed by atoms with Crippen LogP contribution in [0, 0.1) is 11.8 Å². The Kier molecular flexibility index (Phi) is 8.52. The highest BCUT2D eigenvalue weighted by Gasteiger charge is 2.41. The molecular formula is C27H36N4O3. The van der Waals surface area contributed by atoms with Gasteiger partial charge in [0.15, 0.2) is 0 Å². The van der Waals surface area contributed by atoms with Crippen LogP contribution in [0.15, 0.2) is 54.9 Å². The van der Waals surface area contributed by atoms with Crippen molar-refractivity contribution in [3.05, 3.63) is 66.0 Å². The molecule has 5 rings (SSSR count). The lowest BCUT2D eigenvalue weighted by Crippen LogP contribution is -2.35. The molecule has 2 unspecified atom stereocenters. The van der Waals surface area contributed by atoms with E-state index in [1.807, 2.05) is 41.3 Å². The van der Waals surface area contributed by atoms with Crippen molar-refractivity contribution in [3.8, 4) is 0 Å². The number of pyridine rings is 1. The fraction of sp³-hybridized carbons (Fsp3) is 0.519. The molecule has 0 bridgehead atoms. The minimum absolute atomic E-state index is 0.0637. The van der Waals surface area contributed by atoms with E-state index in [2.05, 4.69) is 15.2 Å². The quantitative estimate of drug-likeness (QED) is 0.660. The minimum Gasteiger partial charge on any atom is -0.465 e. The van der Waals surface area contributed by atoms with Gasteiger partial charge in [0.25, 0.3) is 5.91 Å². The fourth-order valence-electron chi connectivity index (χ4n) is 5.46. The Hall–Kier alpha value is -2.93. The lowest BCUT2D eigenvalue weighted by Gasteiger charge is -2.24. The van der Waals surface area contributed by atoms with Crippen molar-refractivity contribution < 1.29 is 14.7 Å². The number of rotatable bonds is 6. The summed E-state index contributed by atoms with van der Waals surface area (Å²) in [7, 11) is 0. The van der Waals surface area contributed by atoms with Crippen molar-refractivity contribution in [1.82, 2.24) is 20.1 Å². The van der Waals surface area contributed by atoms with Crippen molar-refractivity contribution in [2.24, 2.45) is 11.8 Å². The summed E-state index contributed by atoms with van der Waals surface area (Å²) in [6, 6.07) is 13.1. The lowest BCUT2D eigenvalue weighted by atomic mass is 10.0. The van der Waals surface area contributed by atoms with E-state index in [-0.39, 0.29) is 11.9 Å². The maximum atomic E-state index is 12.6. The summed E-state index contributed by atoms with van der Waals surface area (Å²) in [5.74, 6) is 1.03. The molecule has 1 aliphatic carbocycles. The first kappa shape index (κ1) is 24.2. The molecule has 1 aromatic heterocycles. The number of carboxylic acid groups (broad SMARTS) is 1. The molecule has 1 aromatic carbocycles. The van der Waals surface area contributed by atoms with Crippen molar-refractivity contribution in [2.75, 3.05) is 32.7 Å². The van der Waals surface area contributed by atoms with Gasteiger partial charge in [-0.15, -0.1) is 0 Å². The van der Waals surface area contributed by atoms with E-state index < -0.39 is 6.09 Å². The highest BCUT2D eigenvalue weighted by atomic mass is 16.4. The van der Waals surface area contributed by atoms with Crippen LogP contribution in [0.2, 0.25) is 0 Å². The molecule has 3 fully saturated rings. The van der Waals surface area contributed by atoms with Gasteiger partial charge < -0.3 is 20.2 Å². The number of aromatic nitrogens is 1. The van der Waals surface area contributed by atoms with Gasteiger partial charge in [-0.25, -0.2) is 4.79 Å². The maximum Gasteiger partial charge on any atom is 0.405 e. The van der Waals surface area contributed by atoms with E-state index in [9.17, 15) is 14.7 Å². The Balaban J connectivity index is 0.000000486. The first-order valence-electron chi connectivity index (χ1n) is 12.6. The van der Waals surface area contributed by atoms with Crippen molar-refractivity contribution in [1.29, 1.82) is 0 Å². The van der Waals surface area contributed by atoms with Gasteiger partial charge >= 0.3 is 6.09 Å². The number of benzene rings is 1. The second-order valence-corrected chi connectivity index (χ2v) is 9.70. The summed E-state index contributed by atoms with van der Waals surface area (Å²) < 4.78 is 0. The average Bonchev–Trinajstić information content (AvgIpc) is 3.62. The molecule has 1 saturated carbocycles. The predicted molar refractivity (Wildman–Crippen MR) is 132 cm³/mol.